The highest BCUT2D eigenvalue weighted by Gasteiger charge is 2.46. The molecule has 4 nitrogen and oxygen atoms in total. The number of ether oxygens (including phenoxy) is 1. The highest BCUT2D eigenvalue weighted by molar-refractivity contribution is 5.82. The largest absolute Gasteiger partial charge is 0.496 e. The predicted molar refractivity (Wildman–Crippen MR) is 76.1 cm³/mol. The molecular formula is C16H21NO3. The summed E-state index contributed by atoms with van der Waals surface area (Å²) in [5.74, 6) is -0.0350. The van der Waals surface area contributed by atoms with Crippen LogP contribution in [-0.4, -0.2) is 42.2 Å². The van der Waals surface area contributed by atoms with Crippen molar-refractivity contribution in [3.8, 4) is 5.75 Å². The molecule has 1 N–H and O–H groups in total. The number of aliphatic carboxylic acids is 1. The highest BCUT2D eigenvalue weighted by atomic mass is 16.5. The van der Waals surface area contributed by atoms with Crippen LogP contribution in [0.1, 0.15) is 31.2 Å². The third-order valence-corrected chi connectivity index (χ3v) is 4.75. The normalized spacial score (nSPS) is 22.4. The minimum Gasteiger partial charge on any atom is -0.496 e. The molecule has 1 saturated heterocycles. The Labute approximate surface area is 119 Å². The van der Waals surface area contributed by atoms with Crippen LogP contribution in [0.25, 0.3) is 0 Å². The Morgan fingerprint density at radius 3 is 2.50 bits per heavy atom. The van der Waals surface area contributed by atoms with E-state index in [-0.39, 0.29) is 0 Å². The maximum Gasteiger partial charge on any atom is 0.314 e. The lowest BCUT2D eigenvalue weighted by Gasteiger charge is -2.39. The Kier molecular flexibility index (Phi) is 3.42. The van der Waals surface area contributed by atoms with Crippen molar-refractivity contribution in [1.29, 1.82) is 0 Å². The van der Waals surface area contributed by atoms with Crippen molar-refractivity contribution in [2.75, 3.05) is 20.2 Å². The Morgan fingerprint density at radius 1 is 1.30 bits per heavy atom. The molecule has 1 heterocycles. The van der Waals surface area contributed by atoms with E-state index in [1.807, 2.05) is 24.3 Å². The van der Waals surface area contributed by atoms with E-state index in [1.165, 1.54) is 12.8 Å². The number of nitrogens with zero attached hydrogens (tertiary/aromatic N) is 1. The zero-order valence-electron chi connectivity index (χ0n) is 11.8. The van der Waals surface area contributed by atoms with Crippen molar-refractivity contribution in [3.63, 3.8) is 0 Å². The molecule has 2 aliphatic rings. The Morgan fingerprint density at radius 2 is 1.95 bits per heavy atom. The smallest absolute Gasteiger partial charge is 0.314 e. The van der Waals surface area contributed by atoms with Crippen molar-refractivity contribution in [2.24, 2.45) is 0 Å². The summed E-state index contributed by atoms with van der Waals surface area (Å²) in [6, 6.07) is 8.25. The van der Waals surface area contributed by atoms with Crippen LogP contribution in [0.3, 0.4) is 0 Å². The number of rotatable bonds is 4. The summed E-state index contributed by atoms with van der Waals surface area (Å²) in [5.41, 5.74) is 0.0308. The summed E-state index contributed by atoms with van der Waals surface area (Å²) < 4.78 is 5.38. The van der Waals surface area contributed by atoms with Gasteiger partial charge in [0.05, 0.1) is 12.5 Å². The molecule has 1 saturated carbocycles. The Hall–Kier alpha value is -1.55. The van der Waals surface area contributed by atoms with E-state index in [9.17, 15) is 9.90 Å². The zero-order chi connectivity index (χ0) is 14.2. The molecule has 3 rings (SSSR count). The fraction of sp³-hybridized carbons (Fsp3) is 0.562. The lowest BCUT2D eigenvalue weighted by atomic mass is 9.72. The van der Waals surface area contributed by atoms with Crippen molar-refractivity contribution in [1.82, 2.24) is 4.90 Å². The second-order valence-electron chi connectivity index (χ2n) is 5.85. The van der Waals surface area contributed by atoms with Gasteiger partial charge in [-0.2, -0.15) is 0 Å². The number of carboxylic acids is 1. The third kappa shape index (κ3) is 2.18. The standard InChI is InChI=1S/C16H21NO3/c1-20-14-5-3-2-4-13(14)16(15(18)19)8-10-17(11-9-16)12-6-7-12/h2-5,12H,6-11H2,1H3,(H,18,19). The molecule has 0 radical (unpaired) electrons. The van der Waals surface area contributed by atoms with E-state index >= 15 is 0 Å². The molecule has 4 heteroatoms. The van der Waals surface area contributed by atoms with Gasteiger partial charge in [-0.25, -0.2) is 0 Å². The molecule has 1 aromatic carbocycles. The number of hydrogen-bond acceptors (Lipinski definition) is 3. The van der Waals surface area contributed by atoms with Crippen LogP contribution in [-0.2, 0) is 10.2 Å². The second kappa shape index (κ2) is 5.09. The third-order valence-electron chi connectivity index (χ3n) is 4.75. The molecule has 1 aliphatic carbocycles. The molecule has 0 atom stereocenters. The van der Waals surface area contributed by atoms with Gasteiger partial charge >= 0.3 is 5.97 Å². The number of hydrogen-bond donors (Lipinski definition) is 1. The van der Waals surface area contributed by atoms with Crippen LogP contribution in [0, 0.1) is 0 Å². The first-order valence-electron chi connectivity index (χ1n) is 7.28. The number of likely N-dealkylation sites (tertiary alicyclic amines) is 1. The van der Waals surface area contributed by atoms with Gasteiger partial charge in [-0.05, 0) is 44.8 Å². The van der Waals surface area contributed by atoms with Crippen LogP contribution in [0.5, 0.6) is 5.75 Å². The first kappa shape index (κ1) is 13.4. The average molecular weight is 275 g/mol. The molecule has 0 unspecified atom stereocenters. The van der Waals surface area contributed by atoms with Gasteiger partial charge in [-0.3, -0.25) is 4.79 Å². The van der Waals surface area contributed by atoms with Crippen LogP contribution < -0.4 is 4.74 Å². The SMILES string of the molecule is COc1ccccc1C1(C(=O)O)CCN(C2CC2)CC1. The maximum atomic E-state index is 12.0. The van der Waals surface area contributed by atoms with Gasteiger partial charge in [-0.1, -0.05) is 18.2 Å². The minimum absolute atomic E-state index is 0.666. The van der Waals surface area contributed by atoms with Gasteiger partial charge < -0.3 is 14.7 Å². The molecule has 2 fully saturated rings. The number of methoxy groups -OCH3 is 1. The number of para-hydroxylation sites is 1. The summed E-state index contributed by atoms with van der Waals surface area (Å²) in [5, 5.41) is 9.83. The van der Waals surface area contributed by atoms with Gasteiger partial charge in [0.2, 0.25) is 0 Å². The molecule has 0 bridgehead atoms. The quantitative estimate of drug-likeness (QED) is 0.916. The molecule has 0 amide bonds. The number of carbonyl (C=O) groups is 1. The van der Waals surface area contributed by atoms with Crippen LogP contribution in [0.15, 0.2) is 24.3 Å². The van der Waals surface area contributed by atoms with Gasteiger partial charge in [0.1, 0.15) is 5.75 Å². The number of benzene rings is 1. The van der Waals surface area contributed by atoms with Crippen molar-refractivity contribution in [3.05, 3.63) is 29.8 Å². The summed E-state index contributed by atoms with van der Waals surface area (Å²) in [4.78, 5) is 14.4. The fourth-order valence-corrected chi connectivity index (χ4v) is 3.35. The topological polar surface area (TPSA) is 49.8 Å². The van der Waals surface area contributed by atoms with E-state index in [0.717, 1.165) is 18.7 Å². The summed E-state index contributed by atoms with van der Waals surface area (Å²) in [6.45, 7) is 1.74. The first-order valence-corrected chi connectivity index (χ1v) is 7.28. The van der Waals surface area contributed by atoms with Crippen molar-refractivity contribution < 1.29 is 14.6 Å². The average Bonchev–Trinajstić information content (AvgIpc) is 3.32. The van der Waals surface area contributed by atoms with Gasteiger partial charge in [-0.15, -0.1) is 0 Å². The van der Waals surface area contributed by atoms with E-state index in [4.69, 9.17) is 4.74 Å². The van der Waals surface area contributed by atoms with Crippen LogP contribution in [0.4, 0.5) is 0 Å². The van der Waals surface area contributed by atoms with Crippen LogP contribution in [0.2, 0.25) is 0 Å². The monoisotopic (exact) mass is 275 g/mol. The summed E-state index contributed by atoms with van der Waals surface area (Å²) in [6.07, 6.45) is 3.88. The van der Waals surface area contributed by atoms with E-state index in [2.05, 4.69) is 4.90 Å². The molecule has 1 aliphatic heterocycles. The molecule has 0 aromatic heterocycles. The Balaban J connectivity index is 1.90. The Bertz CT molecular complexity index is 502. The number of carboxylic acid groups (broad SMARTS) is 1. The zero-order valence-corrected chi connectivity index (χ0v) is 11.8. The van der Waals surface area contributed by atoms with Gasteiger partial charge in [0.25, 0.3) is 0 Å². The van der Waals surface area contributed by atoms with E-state index in [0.29, 0.717) is 24.6 Å². The molecule has 20 heavy (non-hydrogen) atoms. The van der Waals surface area contributed by atoms with Crippen molar-refractivity contribution in [2.45, 2.75) is 37.1 Å². The van der Waals surface area contributed by atoms with Gasteiger partial charge in [0.15, 0.2) is 0 Å². The summed E-state index contributed by atoms with van der Waals surface area (Å²) in [7, 11) is 1.60. The maximum absolute atomic E-state index is 12.0. The molecule has 0 spiro atoms. The number of piperidine rings is 1. The van der Waals surface area contributed by atoms with E-state index in [1.54, 1.807) is 7.11 Å². The van der Waals surface area contributed by atoms with E-state index < -0.39 is 11.4 Å². The first-order chi connectivity index (χ1) is 9.67. The minimum atomic E-state index is -0.794. The van der Waals surface area contributed by atoms with Crippen LogP contribution >= 0.6 is 0 Å². The fourth-order valence-electron chi connectivity index (χ4n) is 3.35. The van der Waals surface area contributed by atoms with Gasteiger partial charge in [0, 0.05) is 11.6 Å². The molecule has 108 valence electrons. The highest BCUT2D eigenvalue weighted by Crippen LogP contribution is 2.42. The lowest BCUT2D eigenvalue weighted by Crippen LogP contribution is -2.48. The summed E-state index contributed by atoms with van der Waals surface area (Å²) >= 11 is 0. The molecule has 1 aromatic rings. The van der Waals surface area contributed by atoms with Crippen molar-refractivity contribution >= 4 is 5.97 Å². The predicted octanol–water partition coefficient (Wildman–Crippen LogP) is 2.28. The molecular weight excluding hydrogens is 254 g/mol. The second-order valence-corrected chi connectivity index (χ2v) is 5.85. The lowest BCUT2D eigenvalue weighted by molar-refractivity contribution is -0.146.